The van der Waals surface area contributed by atoms with Gasteiger partial charge in [0.1, 0.15) is 6.10 Å². The van der Waals surface area contributed by atoms with Crippen molar-refractivity contribution in [1.29, 1.82) is 0 Å². The summed E-state index contributed by atoms with van der Waals surface area (Å²) < 4.78 is 6.14. The average Bonchev–Trinajstić information content (AvgIpc) is 2.67. The lowest BCUT2D eigenvalue weighted by atomic mass is 9.56. The number of hydrogen-bond donors (Lipinski definition) is 1. The van der Waals surface area contributed by atoms with E-state index < -0.39 is 0 Å². The predicted octanol–water partition coefficient (Wildman–Crippen LogP) is 5.91. The van der Waals surface area contributed by atoms with Crippen molar-refractivity contribution in [3.05, 3.63) is 66.2 Å². The van der Waals surface area contributed by atoms with Crippen molar-refractivity contribution in [2.24, 2.45) is 5.41 Å². The maximum atomic E-state index is 6.14. The maximum Gasteiger partial charge on any atom is 0.261 e. The Morgan fingerprint density at radius 3 is 2.08 bits per heavy atom. The van der Waals surface area contributed by atoms with Gasteiger partial charge < -0.3 is 10.1 Å². The molecule has 0 amide bonds. The second kappa shape index (κ2) is 7.17. The third-order valence-corrected chi connectivity index (χ3v) is 6.31. The molecule has 2 aromatic rings. The van der Waals surface area contributed by atoms with Gasteiger partial charge in [-0.1, -0.05) is 48.5 Å². The topological polar surface area (TPSA) is 21.3 Å². The number of benzene rings is 2. The van der Waals surface area contributed by atoms with Gasteiger partial charge in [-0.3, -0.25) is 0 Å². The van der Waals surface area contributed by atoms with E-state index in [1.807, 2.05) is 30.3 Å². The van der Waals surface area contributed by atoms with Crippen LogP contribution in [0.5, 0.6) is 0 Å². The number of para-hydroxylation sites is 1. The number of ether oxygens (including phenoxy) is 1. The van der Waals surface area contributed by atoms with Gasteiger partial charge in [-0.15, -0.1) is 0 Å². The SMILES string of the molecule is S=C(Nc1ccccc1)OC1CCC12CCC(c1ccccc1)CC2. The summed E-state index contributed by atoms with van der Waals surface area (Å²) in [6.07, 6.45) is 7.75. The maximum absolute atomic E-state index is 6.14. The van der Waals surface area contributed by atoms with Crippen LogP contribution in [0.25, 0.3) is 0 Å². The second-order valence-corrected chi connectivity index (χ2v) is 7.84. The molecule has 0 radical (unpaired) electrons. The molecule has 1 unspecified atom stereocenters. The monoisotopic (exact) mass is 351 g/mol. The lowest BCUT2D eigenvalue weighted by Crippen LogP contribution is -2.49. The summed E-state index contributed by atoms with van der Waals surface area (Å²) in [5.41, 5.74) is 2.84. The van der Waals surface area contributed by atoms with Crippen molar-refractivity contribution in [2.45, 2.75) is 50.5 Å². The number of rotatable bonds is 3. The molecular weight excluding hydrogens is 326 g/mol. The van der Waals surface area contributed by atoms with Crippen LogP contribution in [0.2, 0.25) is 0 Å². The fourth-order valence-corrected chi connectivity index (χ4v) is 4.71. The lowest BCUT2D eigenvalue weighted by Gasteiger charge is -2.52. The van der Waals surface area contributed by atoms with Crippen molar-refractivity contribution >= 4 is 23.1 Å². The summed E-state index contributed by atoms with van der Waals surface area (Å²) in [6.45, 7) is 0. The van der Waals surface area contributed by atoms with Crippen LogP contribution in [0.1, 0.15) is 50.0 Å². The van der Waals surface area contributed by atoms with Crippen LogP contribution in [0.4, 0.5) is 5.69 Å². The number of anilines is 1. The highest BCUT2D eigenvalue weighted by molar-refractivity contribution is 7.80. The Balaban J connectivity index is 1.32. The zero-order valence-electron chi connectivity index (χ0n) is 14.5. The standard InChI is InChI=1S/C22H25NOS/c25-21(23-19-9-5-2-6-10-19)24-20-13-16-22(20)14-11-18(12-15-22)17-7-3-1-4-8-17/h1-10,18,20H,11-16H2,(H,23,25). The fourth-order valence-electron chi connectivity index (χ4n) is 4.48. The van der Waals surface area contributed by atoms with Crippen LogP contribution in [0.3, 0.4) is 0 Å². The van der Waals surface area contributed by atoms with Crippen molar-refractivity contribution in [2.75, 3.05) is 5.32 Å². The molecule has 2 fully saturated rings. The Morgan fingerprint density at radius 1 is 0.880 bits per heavy atom. The Labute approximate surface area is 155 Å². The first-order valence-corrected chi connectivity index (χ1v) is 9.74. The first-order chi connectivity index (χ1) is 12.3. The van der Waals surface area contributed by atoms with Crippen LogP contribution in [0.15, 0.2) is 60.7 Å². The highest BCUT2D eigenvalue weighted by Crippen LogP contribution is 2.55. The van der Waals surface area contributed by atoms with Gasteiger partial charge in [0.05, 0.1) is 0 Å². The van der Waals surface area contributed by atoms with E-state index in [0.717, 1.165) is 12.1 Å². The van der Waals surface area contributed by atoms with Crippen molar-refractivity contribution in [3.8, 4) is 0 Å². The quantitative estimate of drug-likeness (QED) is 0.695. The summed E-state index contributed by atoms with van der Waals surface area (Å²) in [5.74, 6) is 0.711. The minimum absolute atomic E-state index is 0.285. The van der Waals surface area contributed by atoms with Gasteiger partial charge >= 0.3 is 0 Å². The summed E-state index contributed by atoms with van der Waals surface area (Å²) in [5, 5.41) is 3.72. The molecular formula is C22H25NOS. The van der Waals surface area contributed by atoms with Crippen LogP contribution >= 0.6 is 12.2 Å². The largest absolute Gasteiger partial charge is 0.467 e. The Bertz CT molecular complexity index is 707. The second-order valence-electron chi connectivity index (χ2n) is 7.47. The molecule has 0 heterocycles. The fraction of sp³-hybridized carbons (Fsp3) is 0.409. The summed E-state index contributed by atoms with van der Waals surface area (Å²) in [6, 6.07) is 21.0. The Hall–Kier alpha value is -1.87. The zero-order valence-corrected chi connectivity index (χ0v) is 15.3. The van der Waals surface area contributed by atoms with E-state index in [2.05, 4.69) is 35.6 Å². The normalized spacial score (nSPS) is 28.2. The summed E-state index contributed by atoms with van der Waals surface area (Å²) in [4.78, 5) is 0. The molecule has 130 valence electrons. The molecule has 2 aliphatic rings. The molecule has 3 heteroatoms. The minimum atomic E-state index is 0.285. The van der Waals surface area contributed by atoms with Gasteiger partial charge in [0.2, 0.25) is 0 Å². The van der Waals surface area contributed by atoms with Gasteiger partial charge in [-0.2, -0.15) is 0 Å². The van der Waals surface area contributed by atoms with Crippen molar-refractivity contribution < 1.29 is 4.74 Å². The zero-order chi connectivity index (χ0) is 17.1. The van der Waals surface area contributed by atoms with Crippen LogP contribution in [-0.2, 0) is 4.74 Å². The van der Waals surface area contributed by atoms with Gasteiger partial charge in [0.25, 0.3) is 5.17 Å². The highest BCUT2D eigenvalue weighted by atomic mass is 32.1. The van der Waals surface area contributed by atoms with Crippen LogP contribution < -0.4 is 5.32 Å². The number of nitrogens with one attached hydrogen (secondary N) is 1. The summed E-state index contributed by atoms with van der Waals surface area (Å²) >= 11 is 5.43. The average molecular weight is 352 g/mol. The minimum Gasteiger partial charge on any atom is -0.467 e. The van der Waals surface area contributed by atoms with E-state index in [1.54, 1.807) is 0 Å². The lowest BCUT2D eigenvalue weighted by molar-refractivity contribution is -0.0789. The third-order valence-electron chi connectivity index (χ3n) is 6.11. The predicted molar refractivity (Wildman–Crippen MR) is 107 cm³/mol. The molecule has 2 nitrogen and oxygen atoms in total. The molecule has 0 aliphatic heterocycles. The van der Waals surface area contributed by atoms with E-state index in [4.69, 9.17) is 17.0 Å². The van der Waals surface area contributed by atoms with Gasteiger partial charge in [0.15, 0.2) is 0 Å². The molecule has 2 aromatic carbocycles. The molecule has 0 saturated heterocycles. The van der Waals surface area contributed by atoms with Crippen LogP contribution in [-0.4, -0.2) is 11.3 Å². The molecule has 0 bridgehead atoms. The Morgan fingerprint density at radius 2 is 1.48 bits per heavy atom. The Kier molecular flexibility index (Phi) is 4.76. The molecule has 2 aliphatic carbocycles. The molecule has 1 N–H and O–H groups in total. The first-order valence-electron chi connectivity index (χ1n) is 9.33. The van der Waals surface area contributed by atoms with Crippen molar-refractivity contribution in [1.82, 2.24) is 0 Å². The molecule has 0 aromatic heterocycles. The molecule has 1 spiro atoms. The smallest absolute Gasteiger partial charge is 0.261 e. The van der Waals surface area contributed by atoms with Gasteiger partial charge in [-0.25, -0.2) is 0 Å². The molecule has 2 saturated carbocycles. The third kappa shape index (κ3) is 3.57. The number of hydrogen-bond acceptors (Lipinski definition) is 2. The number of thiocarbonyl (C=S) groups is 1. The van der Waals surface area contributed by atoms with E-state index in [1.165, 1.54) is 37.7 Å². The molecule has 25 heavy (non-hydrogen) atoms. The van der Waals surface area contributed by atoms with Gasteiger partial charge in [0, 0.05) is 11.1 Å². The highest BCUT2D eigenvalue weighted by Gasteiger charge is 2.50. The first kappa shape index (κ1) is 16.6. The van der Waals surface area contributed by atoms with Crippen LogP contribution in [0, 0.1) is 5.41 Å². The van der Waals surface area contributed by atoms with E-state index in [0.29, 0.717) is 16.5 Å². The summed E-state index contributed by atoms with van der Waals surface area (Å²) in [7, 11) is 0. The van der Waals surface area contributed by atoms with E-state index in [9.17, 15) is 0 Å². The van der Waals surface area contributed by atoms with Gasteiger partial charge in [-0.05, 0) is 74.4 Å². The molecule has 4 rings (SSSR count). The van der Waals surface area contributed by atoms with Crippen molar-refractivity contribution in [3.63, 3.8) is 0 Å². The van der Waals surface area contributed by atoms with E-state index >= 15 is 0 Å². The molecule has 1 atom stereocenters. The van der Waals surface area contributed by atoms with E-state index in [-0.39, 0.29) is 6.10 Å².